The van der Waals surface area contributed by atoms with E-state index >= 15 is 0 Å². The number of fused-ring (bicyclic) bond motifs is 1. The van der Waals surface area contributed by atoms with Crippen LogP contribution < -0.4 is 10.1 Å². The average Bonchev–Trinajstić information content (AvgIpc) is 3.15. The van der Waals surface area contributed by atoms with Gasteiger partial charge in [-0.1, -0.05) is 0 Å². The first-order valence-electron chi connectivity index (χ1n) is 10.3. The second-order valence-electron chi connectivity index (χ2n) is 8.00. The second kappa shape index (κ2) is 8.84. The number of nitrogens with zero attached hydrogens (tertiary/aromatic N) is 4. The first kappa shape index (κ1) is 20.4. The molecule has 2 atom stereocenters. The summed E-state index contributed by atoms with van der Waals surface area (Å²) in [5.41, 5.74) is 1.87. The quantitative estimate of drug-likeness (QED) is 0.815. The van der Waals surface area contributed by atoms with Crippen LogP contribution in [-0.2, 0) is 4.79 Å². The molecule has 4 rings (SSSR count). The van der Waals surface area contributed by atoms with Crippen molar-refractivity contribution in [2.24, 2.45) is 0 Å². The monoisotopic (exact) mass is 411 g/mol. The van der Waals surface area contributed by atoms with Gasteiger partial charge in [-0.25, -0.2) is 4.39 Å². The van der Waals surface area contributed by atoms with Crippen molar-refractivity contribution in [2.75, 3.05) is 38.6 Å². The first-order chi connectivity index (χ1) is 14.6. The fourth-order valence-corrected chi connectivity index (χ4v) is 4.24. The minimum atomic E-state index is -1.09. The minimum absolute atomic E-state index is 0.0376. The number of carbonyl (C=O) groups is 1. The predicted molar refractivity (Wildman–Crippen MR) is 112 cm³/mol. The lowest BCUT2D eigenvalue weighted by atomic mass is 10.0. The number of benzene rings is 1. The zero-order chi connectivity index (χ0) is 21.1. The van der Waals surface area contributed by atoms with Gasteiger partial charge < -0.3 is 15.0 Å². The Balaban J connectivity index is 1.29. The molecule has 2 saturated heterocycles. The molecule has 2 aliphatic heterocycles. The number of ether oxygens (including phenoxy) is 1. The van der Waals surface area contributed by atoms with Gasteiger partial charge >= 0.3 is 0 Å². The molecule has 0 unspecified atom stereocenters. The maximum Gasteiger partial charge on any atom is 0.237 e. The van der Waals surface area contributed by atoms with Crippen molar-refractivity contribution in [1.82, 2.24) is 14.8 Å². The number of halogens is 1. The van der Waals surface area contributed by atoms with E-state index in [4.69, 9.17) is 10.00 Å². The number of methoxy groups -OCH3 is 1. The highest BCUT2D eigenvalue weighted by molar-refractivity contribution is 5.83. The molecule has 2 fully saturated rings. The van der Waals surface area contributed by atoms with E-state index in [0.717, 1.165) is 48.3 Å². The zero-order valence-electron chi connectivity index (χ0n) is 17.1. The Morgan fingerprint density at radius 2 is 2.17 bits per heavy atom. The molecule has 0 aliphatic carbocycles. The summed E-state index contributed by atoms with van der Waals surface area (Å²) in [6, 6.07) is 9.63. The summed E-state index contributed by atoms with van der Waals surface area (Å²) in [6.45, 7) is 1.85. The Morgan fingerprint density at radius 3 is 2.90 bits per heavy atom. The van der Waals surface area contributed by atoms with E-state index in [1.807, 2.05) is 30.5 Å². The first-order valence-corrected chi connectivity index (χ1v) is 10.3. The molecule has 0 radical (unpaired) electrons. The van der Waals surface area contributed by atoms with Gasteiger partial charge in [-0.05, 0) is 31.0 Å². The zero-order valence-corrected chi connectivity index (χ0v) is 17.1. The number of alkyl halides is 1. The van der Waals surface area contributed by atoms with Crippen LogP contribution in [0.5, 0.6) is 5.75 Å². The van der Waals surface area contributed by atoms with Gasteiger partial charge in [0.1, 0.15) is 18.0 Å². The van der Waals surface area contributed by atoms with E-state index in [9.17, 15) is 9.18 Å². The number of piperidine rings is 1. The maximum absolute atomic E-state index is 13.6. The molecule has 0 bridgehead atoms. The lowest BCUT2D eigenvalue weighted by molar-refractivity contribution is -0.132. The van der Waals surface area contributed by atoms with E-state index in [2.05, 4.69) is 21.3 Å². The number of hydrogen-bond donors (Lipinski definition) is 1. The normalized spacial score (nSPS) is 22.8. The van der Waals surface area contributed by atoms with Crippen LogP contribution in [0.25, 0.3) is 10.9 Å². The Kier molecular flexibility index (Phi) is 6.00. The van der Waals surface area contributed by atoms with Crippen molar-refractivity contribution in [3.63, 3.8) is 0 Å². The van der Waals surface area contributed by atoms with E-state index in [1.165, 1.54) is 4.90 Å². The third-order valence-corrected chi connectivity index (χ3v) is 5.93. The summed E-state index contributed by atoms with van der Waals surface area (Å²) >= 11 is 0. The number of pyridine rings is 1. The maximum atomic E-state index is 13.6. The minimum Gasteiger partial charge on any atom is -0.497 e. The van der Waals surface area contributed by atoms with E-state index in [1.54, 1.807) is 7.11 Å². The van der Waals surface area contributed by atoms with Crippen LogP contribution in [0.3, 0.4) is 0 Å². The smallest absolute Gasteiger partial charge is 0.237 e. The topological polar surface area (TPSA) is 81.5 Å². The molecule has 2 aliphatic rings. The molecule has 1 aromatic carbocycles. The molecular formula is C22H26FN5O2. The number of carbonyl (C=O) groups excluding carboxylic acids is 1. The van der Waals surface area contributed by atoms with Crippen LogP contribution in [-0.4, -0.2) is 72.2 Å². The van der Waals surface area contributed by atoms with E-state index in [-0.39, 0.29) is 25.4 Å². The Hall–Kier alpha value is -2.92. The van der Waals surface area contributed by atoms with Crippen molar-refractivity contribution in [3.05, 3.63) is 30.5 Å². The van der Waals surface area contributed by atoms with Gasteiger partial charge in [-0.2, -0.15) is 5.26 Å². The van der Waals surface area contributed by atoms with Gasteiger partial charge in [0.2, 0.25) is 5.91 Å². The summed E-state index contributed by atoms with van der Waals surface area (Å²) in [5.74, 6) is 0.636. The third-order valence-electron chi connectivity index (χ3n) is 5.93. The summed E-state index contributed by atoms with van der Waals surface area (Å²) in [7, 11) is 1.64. The molecule has 8 heteroatoms. The van der Waals surface area contributed by atoms with Gasteiger partial charge in [-0.3, -0.25) is 14.7 Å². The lowest BCUT2D eigenvalue weighted by Crippen LogP contribution is -2.46. The second-order valence-corrected chi connectivity index (χ2v) is 8.00. The van der Waals surface area contributed by atoms with Gasteiger partial charge in [0, 0.05) is 37.0 Å². The Morgan fingerprint density at radius 1 is 1.37 bits per heavy atom. The number of aromatic nitrogens is 1. The van der Waals surface area contributed by atoms with Gasteiger partial charge in [0.15, 0.2) is 0 Å². The van der Waals surface area contributed by atoms with Gasteiger partial charge in [0.05, 0.1) is 43.7 Å². The number of nitrogens with one attached hydrogen (secondary N) is 1. The van der Waals surface area contributed by atoms with E-state index in [0.29, 0.717) is 6.04 Å². The number of rotatable bonds is 5. The molecule has 1 N–H and O–H groups in total. The van der Waals surface area contributed by atoms with Crippen molar-refractivity contribution in [2.45, 2.75) is 37.5 Å². The van der Waals surface area contributed by atoms with E-state index < -0.39 is 12.2 Å². The average molecular weight is 411 g/mol. The van der Waals surface area contributed by atoms with Crippen LogP contribution in [0.2, 0.25) is 0 Å². The summed E-state index contributed by atoms with van der Waals surface area (Å²) in [4.78, 5) is 20.5. The molecular weight excluding hydrogens is 385 g/mol. The molecule has 3 heterocycles. The van der Waals surface area contributed by atoms with Crippen LogP contribution >= 0.6 is 0 Å². The summed E-state index contributed by atoms with van der Waals surface area (Å²) in [6.07, 6.45) is 2.68. The highest BCUT2D eigenvalue weighted by atomic mass is 19.1. The summed E-state index contributed by atoms with van der Waals surface area (Å²) < 4.78 is 18.8. The molecule has 1 aromatic heterocycles. The third kappa shape index (κ3) is 4.46. The number of nitriles is 1. The van der Waals surface area contributed by atoms with Crippen molar-refractivity contribution >= 4 is 22.5 Å². The van der Waals surface area contributed by atoms with Crippen molar-refractivity contribution < 1.29 is 13.9 Å². The SMILES string of the molecule is COc1ccc2cc(NC3CCN(CC(=O)N4C[C@@H](F)C[C@H]4C#N)CC3)cnc2c1. The largest absolute Gasteiger partial charge is 0.497 e. The molecule has 30 heavy (non-hydrogen) atoms. The van der Waals surface area contributed by atoms with Crippen molar-refractivity contribution in [1.29, 1.82) is 5.26 Å². The molecule has 7 nitrogen and oxygen atoms in total. The number of hydrogen-bond acceptors (Lipinski definition) is 6. The fourth-order valence-electron chi connectivity index (χ4n) is 4.24. The highest BCUT2D eigenvalue weighted by Crippen LogP contribution is 2.24. The fraction of sp³-hybridized carbons (Fsp3) is 0.500. The van der Waals surface area contributed by atoms with Crippen molar-refractivity contribution in [3.8, 4) is 11.8 Å². The van der Waals surface area contributed by atoms with Crippen LogP contribution in [0.1, 0.15) is 19.3 Å². The molecule has 0 spiro atoms. The van der Waals surface area contributed by atoms with Crippen LogP contribution in [0, 0.1) is 11.3 Å². The number of amides is 1. The Bertz CT molecular complexity index is 954. The lowest BCUT2D eigenvalue weighted by Gasteiger charge is -2.33. The molecule has 0 saturated carbocycles. The predicted octanol–water partition coefficient (Wildman–Crippen LogP) is 2.58. The van der Waals surface area contributed by atoms with Crippen LogP contribution in [0.15, 0.2) is 30.5 Å². The van der Waals surface area contributed by atoms with Gasteiger partial charge in [-0.15, -0.1) is 0 Å². The number of likely N-dealkylation sites (tertiary alicyclic amines) is 2. The van der Waals surface area contributed by atoms with Crippen LogP contribution in [0.4, 0.5) is 10.1 Å². The highest BCUT2D eigenvalue weighted by Gasteiger charge is 2.36. The summed E-state index contributed by atoms with van der Waals surface area (Å²) in [5, 5.41) is 13.7. The Labute approximate surface area is 175 Å². The molecule has 1 amide bonds. The molecule has 2 aromatic rings. The van der Waals surface area contributed by atoms with Gasteiger partial charge in [0.25, 0.3) is 0 Å². The number of anilines is 1. The molecule has 158 valence electrons. The standard InChI is InChI=1S/C22H26FN5O2/c1-30-20-3-2-15-8-18(12-25-21(15)10-20)26-17-4-6-27(7-5-17)14-22(29)28-13-16(23)9-19(28)11-24/h2-3,8,10,12,16-17,19,26H,4-7,9,13-14H2,1H3/t16-,19-/m0/s1.